The third-order valence-electron chi connectivity index (χ3n) is 2.36. The number of rotatable bonds is 6. The minimum absolute atomic E-state index is 0.244. The predicted molar refractivity (Wildman–Crippen MR) is 66.5 cm³/mol. The number of carbonyl (C=O) groups is 1. The zero-order valence-corrected chi connectivity index (χ0v) is 10.1. The normalized spacial score (nSPS) is 11.9. The third kappa shape index (κ3) is 4.83. The van der Waals surface area contributed by atoms with Gasteiger partial charge in [0.2, 0.25) is 0 Å². The highest BCUT2D eigenvalue weighted by molar-refractivity contribution is 5.87. The van der Waals surface area contributed by atoms with Crippen molar-refractivity contribution >= 4 is 5.97 Å². The van der Waals surface area contributed by atoms with Crippen LogP contribution in [-0.2, 0) is 16.0 Å². The van der Waals surface area contributed by atoms with Crippen LogP contribution in [0, 0.1) is 0 Å². The van der Waals surface area contributed by atoms with Gasteiger partial charge in [-0.3, -0.25) is 0 Å². The van der Waals surface area contributed by atoms with Gasteiger partial charge < -0.3 is 9.84 Å². The zero-order valence-electron chi connectivity index (χ0n) is 10.1. The maximum Gasteiger partial charge on any atom is 0.333 e. The highest BCUT2D eigenvalue weighted by atomic mass is 16.5. The monoisotopic (exact) mass is 234 g/mol. The molecule has 0 heterocycles. The van der Waals surface area contributed by atoms with Gasteiger partial charge in [0, 0.05) is 12.0 Å². The van der Waals surface area contributed by atoms with Crippen molar-refractivity contribution in [3.8, 4) is 0 Å². The van der Waals surface area contributed by atoms with Crippen LogP contribution in [0.4, 0.5) is 0 Å². The fourth-order valence-corrected chi connectivity index (χ4v) is 1.56. The molecule has 0 saturated heterocycles. The van der Waals surface area contributed by atoms with E-state index < -0.39 is 12.1 Å². The van der Waals surface area contributed by atoms with Crippen molar-refractivity contribution in [3.05, 3.63) is 48.0 Å². The molecule has 1 rings (SSSR count). The van der Waals surface area contributed by atoms with Crippen molar-refractivity contribution < 1.29 is 14.6 Å². The molecule has 1 aromatic rings. The second kappa shape index (κ2) is 6.86. The Balaban J connectivity index is 2.42. The van der Waals surface area contributed by atoms with E-state index in [0.29, 0.717) is 18.6 Å². The Bertz CT molecular complexity index is 370. The summed E-state index contributed by atoms with van der Waals surface area (Å²) in [5.41, 5.74) is 1.35. The molecule has 3 nitrogen and oxygen atoms in total. The van der Waals surface area contributed by atoms with Gasteiger partial charge in [-0.25, -0.2) is 4.79 Å². The first-order chi connectivity index (χ1) is 8.13. The number of carbonyl (C=O) groups excluding carboxylic acids is 1. The average molecular weight is 234 g/mol. The minimum atomic E-state index is -0.602. The van der Waals surface area contributed by atoms with E-state index in [4.69, 9.17) is 4.74 Å². The lowest BCUT2D eigenvalue weighted by atomic mass is 10.0. The van der Waals surface area contributed by atoms with Crippen LogP contribution < -0.4 is 0 Å². The number of ether oxygens (including phenoxy) is 1. The van der Waals surface area contributed by atoms with Crippen LogP contribution in [0.25, 0.3) is 0 Å². The fourth-order valence-electron chi connectivity index (χ4n) is 1.56. The Morgan fingerprint density at radius 3 is 2.65 bits per heavy atom. The van der Waals surface area contributed by atoms with Gasteiger partial charge >= 0.3 is 5.97 Å². The maximum absolute atomic E-state index is 11.3. The van der Waals surface area contributed by atoms with Crippen LogP contribution in [0.3, 0.4) is 0 Å². The SMILES string of the molecule is C=C(CC(O)Cc1ccccc1)C(=O)OCC. The molecule has 17 heavy (non-hydrogen) atoms. The topological polar surface area (TPSA) is 46.5 Å². The van der Waals surface area contributed by atoms with Crippen molar-refractivity contribution in [3.63, 3.8) is 0 Å². The minimum Gasteiger partial charge on any atom is -0.463 e. The summed E-state index contributed by atoms with van der Waals surface area (Å²) in [5.74, 6) is -0.431. The molecule has 0 aromatic heterocycles. The van der Waals surface area contributed by atoms with Gasteiger partial charge in [0.15, 0.2) is 0 Å². The van der Waals surface area contributed by atoms with E-state index in [1.165, 1.54) is 0 Å². The van der Waals surface area contributed by atoms with Gasteiger partial charge in [0.05, 0.1) is 12.7 Å². The summed E-state index contributed by atoms with van der Waals surface area (Å²) in [5, 5.41) is 9.82. The van der Waals surface area contributed by atoms with E-state index in [-0.39, 0.29) is 6.42 Å². The van der Waals surface area contributed by atoms with Crippen molar-refractivity contribution in [2.45, 2.75) is 25.9 Å². The molecule has 0 aliphatic heterocycles. The van der Waals surface area contributed by atoms with Gasteiger partial charge in [-0.2, -0.15) is 0 Å². The van der Waals surface area contributed by atoms with E-state index in [9.17, 15) is 9.90 Å². The molecule has 0 radical (unpaired) electrons. The number of aliphatic hydroxyl groups excluding tert-OH is 1. The number of aliphatic hydroxyl groups is 1. The van der Waals surface area contributed by atoms with Gasteiger partial charge in [-0.05, 0) is 18.9 Å². The summed E-state index contributed by atoms with van der Waals surface area (Å²) in [6, 6.07) is 9.64. The number of hydrogen-bond donors (Lipinski definition) is 1. The Morgan fingerprint density at radius 1 is 1.41 bits per heavy atom. The van der Waals surface area contributed by atoms with Crippen LogP contribution >= 0.6 is 0 Å². The molecule has 1 atom stereocenters. The number of benzene rings is 1. The van der Waals surface area contributed by atoms with Gasteiger partial charge in [-0.15, -0.1) is 0 Å². The van der Waals surface area contributed by atoms with Crippen LogP contribution in [0.5, 0.6) is 0 Å². The van der Waals surface area contributed by atoms with Crippen molar-refractivity contribution in [2.75, 3.05) is 6.61 Å². The number of esters is 1. The van der Waals surface area contributed by atoms with Crippen molar-refractivity contribution in [1.29, 1.82) is 0 Å². The molecule has 0 aliphatic rings. The molecule has 0 amide bonds. The van der Waals surface area contributed by atoms with Gasteiger partial charge in [-0.1, -0.05) is 36.9 Å². The molecule has 0 spiro atoms. The van der Waals surface area contributed by atoms with E-state index in [1.807, 2.05) is 30.3 Å². The Morgan fingerprint density at radius 2 is 2.06 bits per heavy atom. The molecule has 1 unspecified atom stereocenters. The quantitative estimate of drug-likeness (QED) is 0.605. The molecule has 0 aliphatic carbocycles. The van der Waals surface area contributed by atoms with E-state index >= 15 is 0 Å². The predicted octanol–water partition coefficient (Wildman–Crippen LogP) is 2.10. The molecular formula is C14H18O3. The average Bonchev–Trinajstić information content (AvgIpc) is 2.30. The van der Waals surface area contributed by atoms with E-state index in [0.717, 1.165) is 5.56 Å². The second-order valence-corrected chi connectivity index (χ2v) is 3.87. The second-order valence-electron chi connectivity index (χ2n) is 3.87. The highest BCUT2D eigenvalue weighted by Crippen LogP contribution is 2.11. The van der Waals surface area contributed by atoms with Crippen LogP contribution in [0.2, 0.25) is 0 Å². The largest absolute Gasteiger partial charge is 0.463 e. The molecule has 3 heteroatoms. The van der Waals surface area contributed by atoms with Crippen molar-refractivity contribution in [2.24, 2.45) is 0 Å². The third-order valence-corrected chi connectivity index (χ3v) is 2.36. The molecule has 1 N–H and O–H groups in total. The fraction of sp³-hybridized carbons (Fsp3) is 0.357. The zero-order chi connectivity index (χ0) is 12.7. The van der Waals surface area contributed by atoms with E-state index in [1.54, 1.807) is 6.92 Å². The lowest BCUT2D eigenvalue weighted by molar-refractivity contribution is -0.138. The van der Waals surface area contributed by atoms with Crippen molar-refractivity contribution in [1.82, 2.24) is 0 Å². The number of hydrogen-bond acceptors (Lipinski definition) is 3. The van der Waals surface area contributed by atoms with Crippen LogP contribution in [0.1, 0.15) is 18.9 Å². The smallest absolute Gasteiger partial charge is 0.333 e. The summed E-state index contributed by atoms with van der Waals surface area (Å²) in [4.78, 5) is 11.3. The molecule has 0 fully saturated rings. The van der Waals surface area contributed by atoms with Gasteiger partial charge in [0.1, 0.15) is 0 Å². The molecule has 0 saturated carbocycles. The first-order valence-electron chi connectivity index (χ1n) is 5.70. The molecule has 92 valence electrons. The van der Waals surface area contributed by atoms with E-state index in [2.05, 4.69) is 6.58 Å². The lowest BCUT2D eigenvalue weighted by Crippen LogP contribution is -2.16. The molecule has 0 bridgehead atoms. The highest BCUT2D eigenvalue weighted by Gasteiger charge is 2.13. The summed E-state index contributed by atoms with van der Waals surface area (Å²) in [7, 11) is 0. The lowest BCUT2D eigenvalue weighted by Gasteiger charge is -2.11. The standard InChI is InChI=1S/C14H18O3/c1-3-17-14(16)11(2)9-13(15)10-12-7-5-4-6-8-12/h4-8,13,15H,2-3,9-10H2,1H3. The Hall–Kier alpha value is -1.61. The van der Waals surface area contributed by atoms with Crippen LogP contribution in [0.15, 0.2) is 42.5 Å². The molecular weight excluding hydrogens is 216 g/mol. The summed E-state index contributed by atoms with van der Waals surface area (Å²) in [6.45, 7) is 5.69. The first kappa shape index (κ1) is 13.5. The molecule has 1 aromatic carbocycles. The maximum atomic E-state index is 11.3. The summed E-state index contributed by atoms with van der Waals surface area (Å²) < 4.78 is 4.81. The first-order valence-corrected chi connectivity index (χ1v) is 5.70. The summed E-state index contributed by atoms with van der Waals surface area (Å²) in [6.07, 6.45) is 0.154. The summed E-state index contributed by atoms with van der Waals surface area (Å²) >= 11 is 0. The van der Waals surface area contributed by atoms with Crippen LogP contribution in [-0.4, -0.2) is 23.8 Å². The Labute approximate surface area is 102 Å². The Kier molecular flexibility index (Phi) is 5.43. The van der Waals surface area contributed by atoms with Gasteiger partial charge in [0.25, 0.3) is 0 Å².